The lowest BCUT2D eigenvalue weighted by Crippen LogP contribution is -2.55. The topological polar surface area (TPSA) is 98.1 Å². The highest BCUT2D eigenvalue weighted by molar-refractivity contribution is 6.35. The number of ether oxygens (including phenoxy) is 2. The van der Waals surface area contributed by atoms with Crippen molar-refractivity contribution in [3.63, 3.8) is 0 Å². The van der Waals surface area contributed by atoms with Gasteiger partial charge in [-0.25, -0.2) is 0 Å². The van der Waals surface area contributed by atoms with Gasteiger partial charge in [0.15, 0.2) is 0 Å². The molecule has 0 bridgehead atoms. The van der Waals surface area contributed by atoms with Crippen LogP contribution >= 0.6 is 11.6 Å². The van der Waals surface area contributed by atoms with E-state index in [1.807, 2.05) is 48.2 Å². The van der Waals surface area contributed by atoms with Crippen molar-refractivity contribution in [3.05, 3.63) is 70.4 Å². The van der Waals surface area contributed by atoms with Crippen LogP contribution in [0.2, 0.25) is 5.02 Å². The van der Waals surface area contributed by atoms with E-state index in [9.17, 15) is 10.1 Å². The normalized spacial score (nSPS) is 22.0. The van der Waals surface area contributed by atoms with Gasteiger partial charge < -0.3 is 29.1 Å². The van der Waals surface area contributed by atoms with Crippen LogP contribution < -0.4 is 9.64 Å². The lowest BCUT2D eigenvalue weighted by molar-refractivity contribution is -0.128. The fourth-order valence-electron chi connectivity index (χ4n) is 6.79. The van der Waals surface area contributed by atoms with E-state index in [0.717, 1.165) is 52.8 Å². The van der Waals surface area contributed by atoms with E-state index in [4.69, 9.17) is 31.0 Å². The third-order valence-electron chi connectivity index (χ3n) is 9.29. The molecule has 0 N–H and O–H groups in total. The number of hydrogen-bond acceptors (Lipinski definition) is 9. The monoisotopic (exact) mass is 643 g/mol. The molecule has 3 aromatic rings. The smallest absolute Gasteiger partial charge is 0.318 e. The highest BCUT2D eigenvalue weighted by Gasteiger charge is 2.34. The fraction of sp³-hybridized carbons (Fsp3) is 0.486. The molecule has 4 heterocycles. The summed E-state index contributed by atoms with van der Waals surface area (Å²) in [7, 11) is 6.05. The Bertz CT molecular complexity index is 1640. The largest absolute Gasteiger partial charge is 0.462 e. The summed E-state index contributed by atoms with van der Waals surface area (Å²) >= 11 is 6.69. The van der Waals surface area contributed by atoms with Crippen molar-refractivity contribution in [3.8, 4) is 12.1 Å². The number of nitriles is 1. The van der Waals surface area contributed by atoms with Gasteiger partial charge in [0.05, 0.1) is 36.9 Å². The Balaban J connectivity index is 1.30. The number of benzene rings is 2. The first-order valence-corrected chi connectivity index (χ1v) is 16.5. The number of likely N-dealkylation sites (tertiary alicyclic amines) is 1. The first kappa shape index (κ1) is 32.2. The number of amides is 1. The molecule has 0 radical (unpaired) electrons. The average molecular weight is 644 g/mol. The molecular formula is C35H42ClN7O3. The molecule has 46 heavy (non-hydrogen) atoms. The molecule has 2 aromatic carbocycles. The van der Waals surface area contributed by atoms with E-state index >= 15 is 0 Å². The Hall–Kier alpha value is -3.75. The summed E-state index contributed by atoms with van der Waals surface area (Å²) in [6, 6.07) is 14.8. The summed E-state index contributed by atoms with van der Waals surface area (Å²) in [6.45, 7) is 4.13. The number of hydrogen-bond donors (Lipinski definition) is 0. The molecule has 1 amide bonds. The van der Waals surface area contributed by atoms with Gasteiger partial charge in [-0.3, -0.25) is 4.79 Å². The SMILES string of the molecule is CN(C)C/C=C/C(=O)N1CCN(c2nc(OC[C@@H]3CCCN3C)nc3c2CO[C@H](c2cccc4cccc(Cl)c24)C3)C[C@@H]1CC#N. The fourth-order valence-corrected chi connectivity index (χ4v) is 7.08. The minimum atomic E-state index is -0.271. The molecule has 3 aliphatic heterocycles. The summed E-state index contributed by atoms with van der Waals surface area (Å²) in [4.78, 5) is 31.3. The second-order valence-electron chi connectivity index (χ2n) is 12.7. The Morgan fingerprint density at radius 2 is 2.00 bits per heavy atom. The standard InChI is InChI=1S/C35H42ClN7O3/c1-40(2)16-7-13-32(44)43-19-18-42(21-25(43)14-15-37)34-28-23-45-31(27-11-4-8-24-9-5-12-29(36)33(24)27)20-30(28)38-35(39-34)46-22-26-10-6-17-41(26)3/h4-5,7-9,11-13,25-26,31H,6,10,14,16-23H2,1-3H3/b13-7+/t25-,26-,31-/m0/s1. The van der Waals surface area contributed by atoms with Crippen molar-refractivity contribution in [2.45, 2.75) is 50.5 Å². The van der Waals surface area contributed by atoms with E-state index in [0.29, 0.717) is 62.9 Å². The van der Waals surface area contributed by atoms with Gasteiger partial charge in [-0.15, -0.1) is 0 Å². The molecule has 0 aliphatic carbocycles. The highest BCUT2D eigenvalue weighted by atomic mass is 35.5. The number of carbonyl (C=O) groups is 1. The molecule has 6 rings (SSSR count). The number of piperazine rings is 1. The molecule has 3 aliphatic rings. The van der Waals surface area contributed by atoms with Crippen LogP contribution in [0, 0.1) is 11.3 Å². The maximum atomic E-state index is 13.1. The van der Waals surface area contributed by atoms with Crippen LogP contribution in [0.5, 0.6) is 6.01 Å². The van der Waals surface area contributed by atoms with Crippen LogP contribution in [-0.4, -0.2) is 103 Å². The molecule has 1 aromatic heterocycles. The molecule has 242 valence electrons. The average Bonchev–Trinajstić information content (AvgIpc) is 3.47. The van der Waals surface area contributed by atoms with Crippen LogP contribution in [0.4, 0.5) is 5.82 Å². The van der Waals surface area contributed by atoms with Crippen molar-refractivity contribution in [1.29, 1.82) is 5.26 Å². The molecule has 2 saturated heterocycles. The van der Waals surface area contributed by atoms with Gasteiger partial charge in [-0.1, -0.05) is 48.0 Å². The predicted molar refractivity (Wildman–Crippen MR) is 179 cm³/mol. The van der Waals surface area contributed by atoms with Crippen molar-refractivity contribution in [2.24, 2.45) is 0 Å². The quantitative estimate of drug-likeness (QED) is 0.310. The second kappa shape index (κ2) is 14.3. The molecule has 10 nitrogen and oxygen atoms in total. The van der Waals surface area contributed by atoms with Crippen LogP contribution in [-0.2, 0) is 22.6 Å². The number of carbonyl (C=O) groups excluding carboxylic acids is 1. The molecule has 3 atom stereocenters. The van der Waals surface area contributed by atoms with E-state index in [1.54, 1.807) is 6.08 Å². The molecule has 2 fully saturated rings. The lowest BCUT2D eigenvalue weighted by atomic mass is 9.94. The van der Waals surface area contributed by atoms with Gasteiger partial charge >= 0.3 is 6.01 Å². The number of anilines is 1. The van der Waals surface area contributed by atoms with Gasteiger partial charge in [0, 0.05) is 60.7 Å². The Morgan fingerprint density at radius 3 is 2.76 bits per heavy atom. The number of nitrogens with zero attached hydrogens (tertiary/aromatic N) is 7. The summed E-state index contributed by atoms with van der Waals surface area (Å²) < 4.78 is 12.8. The van der Waals surface area contributed by atoms with E-state index < -0.39 is 0 Å². The molecule has 0 unspecified atom stereocenters. The Morgan fingerprint density at radius 1 is 1.17 bits per heavy atom. The molecular weight excluding hydrogens is 602 g/mol. The van der Waals surface area contributed by atoms with Crippen LogP contribution in [0.25, 0.3) is 10.8 Å². The third kappa shape index (κ3) is 6.98. The molecule has 0 spiro atoms. The van der Waals surface area contributed by atoms with Gasteiger partial charge in [-0.2, -0.15) is 15.2 Å². The van der Waals surface area contributed by atoms with Crippen molar-refractivity contribution < 1.29 is 14.3 Å². The zero-order valence-electron chi connectivity index (χ0n) is 26.9. The summed E-state index contributed by atoms with van der Waals surface area (Å²) in [5.41, 5.74) is 2.85. The summed E-state index contributed by atoms with van der Waals surface area (Å²) in [6.07, 6.45) is 6.26. The van der Waals surface area contributed by atoms with Crippen molar-refractivity contribution in [2.75, 3.05) is 65.4 Å². The zero-order chi connectivity index (χ0) is 32.2. The highest BCUT2D eigenvalue weighted by Crippen LogP contribution is 2.39. The van der Waals surface area contributed by atoms with Gasteiger partial charge in [-0.05, 0) is 57.5 Å². The van der Waals surface area contributed by atoms with Crippen LogP contribution in [0.3, 0.4) is 0 Å². The number of rotatable bonds is 9. The maximum Gasteiger partial charge on any atom is 0.318 e. The van der Waals surface area contributed by atoms with Crippen LogP contribution in [0.15, 0.2) is 48.6 Å². The van der Waals surface area contributed by atoms with Crippen LogP contribution in [0.1, 0.15) is 42.2 Å². The second-order valence-corrected chi connectivity index (χ2v) is 13.1. The van der Waals surface area contributed by atoms with Crippen molar-refractivity contribution in [1.82, 2.24) is 24.7 Å². The van der Waals surface area contributed by atoms with Gasteiger partial charge in [0.1, 0.15) is 12.4 Å². The van der Waals surface area contributed by atoms with Gasteiger partial charge in [0.2, 0.25) is 5.91 Å². The Labute approximate surface area is 276 Å². The summed E-state index contributed by atoms with van der Waals surface area (Å²) in [5, 5.41) is 12.4. The predicted octanol–water partition coefficient (Wildman–Crippen LogP) is 4.62. The Kier molecular flexibility index (Phi) is 10.0. The first-order valence-electron chi connectivity index (χ1n) is 16.1. The molecule has 0 saturated carbocycles. The zero-order valence-corrected chi connectivity index (χ0v) is 27.6. The summed E-state index contributed by atoms with van der Waals surface area (Å²) in [5.74, 6) is 0.684. The third-order valence-corrected chi connectivity index (χ3v) is 9.61. The lowest BCUT2D eigenvalue weighted by Gasteiger charge is -2.42. The van der Waals surface area contributed by atoms with Crippen molar-refractivity contribution >= 4 is 34.1 Å². The maximum absolute atomic E-state index is 13.1. The van der Waals surface area contributed by atoms with E-state index in [2.05, 4.69) is 41.1 Å². The van der Waals surface area contributed by atoms with Gasteiger partial charge in [0.25, 0.3) is 0 Å². The van der Waals surface area contributed by atoms with E-state index in [1.165, 1.54) is 0 Å². The number of likely N-dealkylation sites (N-methyl/N-ethyl adjacent to an activating group) is 2. The molecule has 11 heteroatoms. The number of halogens is 1. The minimum absolute atomic E-state index is 0.0731. The first-order chi connectivity index (χ1) is 22.3. The number of fused-ring (bicyclic) bond motifs is 2. The van der Waals surface area contributed by atoms with E-state index in [-0.39, 0.29) is 24.5 Å². The minimum Gasteiger partial charge on any atom is -0.462 e. The number of aromatic nitrogens is 2.